The van der Waals surface area contributed by atoms with Gasteiger partial charge < -0.3 is 10.4 Å². The van der Waals surface area contributed by atoms with Crippen LogP contribution in [0.25, 0.3) is 0 Å². The van der Waals surface area contributed by atoms with Crippen molar-refractivity contribution in [3.63, 3.8) is 0 Å². The highest BCUT2D eigenvalue weighted by atomic mass is 32.1. The molecule has 0 aliphatic rings. The maximum absolute atomic E-state index is 10.1. The van der Waals surface area contributed by atoms with Crippen LogP contribution in [0.15, 0.2) is 41.8 Å². The molecule has 2 nitrogen and oxygen atoms in total. The van der Waals surface area contributed by atoms with Gasteiger partial charge in [0.1, 0.15) is 0 Å². The largest absolute Gasteiger partial charge is 0.387 e. The van der Waals surface area contributed by atoms with Gasteiger partial charge >= 0.3 is 0 Å². The monoisotopic (exact) mass is 247 g/mol. The van der Waals surface area contributed by atoms with Gasteiger partial charge in [-0.1, -0.05) is 30.3 Å². The van der Waals surface area contributed by atoms with Crippen molar-refractivity contribution in [3.8, 4) is 0 Å². The van der Waals surface area contributed by atoms with Crippen molar-refractivity contribution in [1.29, 1.82) is 0 Å². The summed E-state index contributed by atoms with van der Waals surface area (Å²) >= 11 is 1.73. The van der Waals surface area contributed by atoms with Gasteiger partial charge in [0.15, 0.2) is 0 Å². The first-order valence-corrected chi connectivity index (χ1v) is 6.62. The van der Waals surface area contributed by atoms with Gasteiger partial charge in [0, 0.05) is 18.0 Å². The van der Waals surface area contributed by atoms with Crippen LogP contribution in [0.4, 0.5) is 0 Å². The van der Waals surface area contributed by atoms with E-state index in [-0.39, 0.29) is 0 Å². The molecule has 17 heavy (non-hydrogen) atoms. The number of aliphatic hydroxyl groups excluding tert-OH is 1. The van der Waals surface area contributed by atoms with E-state index in [2.05, 4.69) is 16.8 Å². The molecule has 0 aliphatic carbocycles. The summed E-state index contributed by atoms with van der Waals surface area (Å²) in [4.78, 5) is 1.29. The van der Waals surface area contributed by atoms with Crippen molar-refractivity contribution in [1.82, 2.24) is 5.32 Å². The zero-order chi connectivity index (χ0) is 12.1. The summed E-state index contributed by atoms with van der Waals surface area (Å²) in [6.45, 7) is 3.43. The molecule has 1 unspecified atom stereocenters. The van der Waals surface area contributed by atoms with E-state index in [0.29, 0.717) is 6.54 Å². The average Bonchev–Trinajstić information content (AvgIpc) is 2.82. The third-order valence-electron chi connectivity index (χ3n) is 2.76. The summed E-state index contributed by atoms with van der Waals surface area (Å²) in [6.07, 6.45) is -0.434. The van der Waals surface area contributed by atoms with E-state index in [1.165, 1.54) is 4.88 Å². The first-order valence-electron chi connectivity index (χ1n) is 5.74. The van der Waals surface area contributed by atoms with E-state index < -0.39 is 6.10 Å². The smallest absolute Gasteiger partial charge is 0.0917 e. The minimum absolute atomic E-state index is 0.434. The molecule has 0 saturated carbocycles. The van der Waals surface area contributed by atoms with Crippen molar-refractivity contribution in [2.45, 2.75) is 19.6 Å². The van der Waals surface area contributed by atoms with Gasteiger partial charge in [0.2, 0.25) is 0 Å². The lowest BCUT2D eigenvalue weighted by Gasteiger charge is -2.14. The molecular weight excluding hydrogens is 230 g/mol. The van der Waals surface area contributed by atoms with Gasteiger partial charge in [0.25, 0.3) is 0 Å². The second-order valence-electron chi connectivity index (χ2n) is 4.08. The zero-order valence-corrected chi connectivity index (χ0v) is 10.7. The number of aryl methyl sites for hydroxylation is 1. The number of aliphatic hydroxyl groups is 1. The van der Waals surface area contributed by atoms with Crippen LogP contribution in [0, 0.1) is 6.92 Å². The molecule has 1 heterocycles. The molecule has 0 saturated heterocycles. The summed E-state index contributed by atoms with van der Waals surface area (Å²) in [6, 6.07) is 12.1. The topological polar surface area (TPSA) is 32.3 Å². The summed E-state index contributed by atoms with van der Waals surface area (Å²) in [5.74, 6) is 0. The summed E-state index contributed by atoms with van der Waals surface area (Å²) in [7, 11) is 0. The standard InChI is InChI=1S/C14H17NOS/c1-11-5-2-3-7-13(11)14(16)10-15-9-12-6-4-8-17-12/h2-8,14-16H,9-10H2,1H3. The Kier molecular flexibility index (Phi) is 4.31. The second-order valence-corrected chi connectivity index (χ2v) is 5.11. The highest BCUT2D eigenvalue weighted by molar-refractivity contribution is 7.09. The summed E-state index contributed by atoms with van der Waals surface area (Å²) < 4.78 is 0. The third-order valence-corrected chi connectivity index (χ3v) is 3.64. The lowest BCUT2D eigenvalue weighted by Crippen LogP contribution is -2.21. The van der Waals surface area contributed by atoms with E-state index in [4.69, 9.17) is 0 Å². The quantitative estimate of drug-likeness (QED) is 0.851. The van der Waals surface area contributed by atoms with Crippen LogP contribution in [0.1, 0.15) is 22.1 Å². The highest BCUT2D eigenvalue weighted by Gasteiger charge is 2.08. The van der Waals surface area contributed by atoms with E-state index in [1.807, 2.05) is 37.3 Å². The van der Waals surface area contributed by atoms with Gasteiger partial charge in [-0.25, -0.2) is 0 Å². The van der Waals surface area contributed by atoms with E-state index >= 15 is 0 Å². The van der Waals surface area contributed by atoms with Gasteiger partial charge in [-0.3, -0.25) is 0 Å². The van der Waals surface area contributed by atoms with Crippen LogP contribution in [0.5, 0.6) is 0 Å². The molecule has 0 aliphatic heterocycles. The van der Waals surface area contributed by atoms with Crippen LogP contribution in [0.2, 0.25) is 0 Å². The van der Waals surface area contributed by atoms with Crippen molar-refractivity contribution >= 4 is 11.3 Å². The molecular formula is C14H17NOS. The van der Waals surface area contributed by atoms with Gasteiger partial charge in [-0.05, 0) is 29.5 Å². The molecule has 3 heteroatoms. The van der Waals surface area contributed by atoms with Crippen molar-refractivity contribution in [2.24, 2.45) is 0 Å². The molecule has 0 amide bonds. The number of hydrogen-bond donors (Lipinski definition) is 2. The number of benzene rings is 1. The van der Waals surface area contributed by atoms with Crippen LogP contribution in [0.3, 0.4) is 0 Å². The Morgan fingerprint density at radius 2 is 2.06 bits per heavy atom. The normalized spacial score (nSPS) is 12.6. The Morgan fingerprint density at radius 1 is 1.24 bits per heavy atom. The fourth-order valence-electron chi connectivity index (χ4n) is 1.82. The van der Waals surface area contributed by atoms with Crippen molar-refractivity contribution < 1.29 is 5.11 Å². The van der Waals surface area contributed by atoms with Crippen LogP contribution < -0.4 is 5.32 Å². The molecule has 2 N–H and O–H groups in total. The average molecular weight is 247 g/mol. The predicted octanol–water partition coefficient (Wildman–Crippen LogP) is 2.88. The van der Waals surface area contributed by atoms with Crippen molar-refractivity contribution in [2.75, 3.05) is 6.54 Å². The molecule has 2 aromatic rings. The number of rotatable bonds is 5. The molecule has 0 bridgehead atoms. The van der Waals surface area contributed by atoms with Gasteiger partial charge in [-0.2, -0.15) is 0 Å². The second kappa shape index (κ2) is 5.96. The minimum Gasteiger partial charge on any atom is -0.387 e. The van der Waals surface area contributed by atoms with Gasteiger partial charge in [0.05, 0.1) is 6.10 Å². The molecule has 90 valence electrons. The van der Waals surface area contributed by atoms with E-state index in [1.54, 1.807) is 11.3 Å². The highest BCUT2D eigenvalue weighted by Crippen LogP contribution is 2.16. The number of nitrogens with one attached hydrogen (secondary N) is 1. The number of thiophene rings is 1. The Bertz CT molecular complexity index is 453. The molecule has 1 aromatic carbocycles. The van der Waals surface area contributed by atoms with E-state index in [0.717, 1.165) is 17.7 Å². The minimum atomic E-state index is -0.434. The third kappa shape index (κ3) is 3.40. The van der Waals surface area contributed by atoms with Crippen LogP contribution >= 0.6 is 11.3 Å². The maximum Gasteiger partial charge on any atom is 0.0917 e. The Balaban J connectivity index is 1.85. The van der Waals surface area contributed by atoms with Crippen molar-refractivity contribution in [3.05, 3.63) is 57.8 Å². The molecule has 1 aromatic heterocycles. The molecule has 1 atom stereocenters. The lowest BCUT2D eigenvalue weighted by atomic mass is 10.0. The first kappa shape index (κ1) is 12.3. The Labute approximate surface area is 106 Å². The Morgan fingerprint density at radius 3 is 2.76 bits per heavy atom. The summed E-state index contributed by atoms with van der Waals surface area (Å²) in [5.41, 5.74) is 2.14. The number of hydrogen-bond acceptors (Lipinski definition) is 3. The fourth-order valence-corrected chi connectivity index (χ4v) is 2.49. The summed E-state index contributed by atoms with van der Waals surface area (Å²) in [5, 5.41) is 15.4. The maximum atomic E-state index is 10.1. The van der Waals surface area contributed by atoms with Gasteiger partial charge in [-0.15, -0.1) is 11.3 Å². The predicted molar refractivity (Wildman–Crippen MR) is 72.2 cm³/mol. The molecule has 2 rings (SSSR count). The SMILES string of the molecule is Cc1ccccc1C(O)CNCc1cccs1. The zero-order valence-electron chi connectivity index (χ0n) is 9.89. The Hall–Kier alpha value is -1.16. The molecule has 0 fully saturated rings. The van der Waals surface area contributed by atoms with E-state index in [9.17, 15) is 5.11 Å². The molecule has 0 spiro atoms. The first-order chi connectivity index (χ1) is 8.27. The lowest BCUT2D eigenvalue weighted by molar-refractivity contribution is 0.174. The fraction of sp³-hybridized carbons (Fsp3) is 0.286. The van der Waals surface area contributed by atoms with Crippen LogP contribution in [-0.2, 0) is 6.54 Å². The van der Waals surface area contributed by atoms with Crippen LogP contribution in [-0.4, -0.2) is 11.7 Å². The molecule has 0 radical (unpaired) electrons.